The summed E-state index contributed by atoms with van der Waals surface area (Å²) in [6.45, 7) is 3.18. The van der Waals surface area contributed by atoms with Crippen molar-refractivity contribution in [3.8, 4) is 0 Å². The average Bonchev–Trinajstić information content (AvgIpc) is 3.30. The predicted molar refractivity (Wildman–Crippen MR) is 99.7 cm³/mol. The van der Waals surface area contributed by atoms with Crippen LogP contribution < -0.4 is 5.73 Å². The van der Waals surface area contributed by atoms with Crippen LogP contribution in [0, 0.1) is 24.6 Å². The maximum atomic E-state index is 13.6. The van der Waals surface area contributed by atoms with Gasteiger partial charge in [-0.3, -0.25) is 4.79 Å². The Morgan fingerprint density at radius 3 is 2.85 bits per heavy atom. The summed E-state index contributed by atoms with van der Waals surface area (Å²) in [4.78, 5) is 15.2. The van der Waals surface area contributed by atoms with Crippen molar-refractivity contribution in [2.75, 3.05) is 13.1 Å². The lowest BCUT2D eigenvalue weighted by Crippen LogP contribution is -2.39. The number of carbonyl (C=O) groups excluding carboxylic acids is 1. The molecule has 2 aromatic rings. The van der Waals surface area contributed by atoms with Gasteiger partial charge in [0.05, 0.1) is 0 Å². The highest BCUT2D eigenvalue weighted by atomic mass is 35.5. The molecule has 146 valence electrons. The van der Waals surface area contributed by atoms with E-state index >= 15 is 0 Å². The standard InChI is InChI=1S/C18H23FN6O.ClH/c1-11-21-22-23-25(11)17(8-12-3-2-4-14(19)7-12)18(26)24-9-13-5-6-16(20)15(13)10-24;/h2-4,7,13,15-17H,5-6,8-10,20H2,1H3;1H. The maximum absolute atomic E-state index is 13.6. The molecule has 1 aliphatic carbocycles. The predicted octanol–water partition coefficient (Wildman–Crippen LogP) is 1.52. The number of hydrogen-bond acceptors (Lipinski definition) is 5. The molecule has 9 heteroatoms. The first-order chi connectivity index (χ1) is 12.5. The number of carbonyl (C=O) groups is 1. The van der Waals surface area contributed by atoms with Gasteiger partial charge in [0.2, 0.25) is 5.91 Å². The van der Waals surface area contributed by atoms with Crippen LogP contribution in [0.4, 0.5) is 4.39 Å². The molecule has 2 heterocycles. The molecular formula is C18H24ClFN6O. The fraction of sp³-hybridized carbons (Fsp3) is 0.556. The molecule has 7 nitrogen and oxygen atoms in total. The van der Waals surface area contributed by atoms with E-state index in [4.69, 9.17) is 5.73 Å². The number of fused-ring (bicyclic) bond motifs is 1. The molecule has 1 saturated carbocycles. The number of halogens is 2. The van der Waals surface area contributed by atoms with Gasteiger partial charge in [-0.2, -0.15) is 0 Å². The Balaban J connectivity index is 0.00000210. The van der Waals surface area contributed by atoms with E-state index in [0.717, 1.165) is 24.9 Å². The molecule has 4 unspecified atom stereocenters. The number of nitrogens with two attached hydrogens (primary N) is 1. The van der Waals surface area contributed by atoms with E-state index in [1.807, 2.05) is 11.0 Å². The molecule has 2 N–H and O–H groups in total. The van der Waals surface area contributed by atoms with E-state index in [9.17, 15) is 9.18 Å². The summed E-state index contributed by atoms with van der Waals surface area (Å²) in [5, 5.41) is 11.6. The van der Waals surface area contributed by atoms with Gasteiger partial charge in [0.25, 0.3) is 0 Å². The lowest BCUT2D eigenvalue weighted by atomic mass is 9.98. The Hall–Kier alpha value is -2.06. The summed E-state index contributed by atoms with van der Waals surface area (Å²) in [6.07, 6.45) is 2.46. The second-order valence-electron chi connectivity index (χ2n) is 7.43. The fourth-order valence-corrected chi connectivity index (χ4v) is 4.39. The normalized spacial score (nSPS) is 25.1. The number of likely N-dealkylation sites (tertiary alicyclic amines) is 1. The molecule has 1 amide bonds. The van der Waals surface area contributed by atoms with Gasteiger partial charge in [-0.15, -0.1) is 17.5 Å². The van der Waals surface area contributed by atoms with Crippen molar-refractivity contribution in [3.05, 3.63) is 41.5 Å². The van der Waals surface area contributed by atoms with Crippen LogP contribution in [0.3, 0.4) is 0 Å². The highest BCUT2D eigenvalue weighted by Gasteiger charge is 2.44. The molecule has 1 aliphatic heterocycles. The molecule has 1 saturated heterocycles. The third-order valence-electron chi connectivity index (χ3n) is 5.78. The summed E-state index contributed by atoms with van der Waals surface area (Å²) < 4.78 is 15.1. The van der Waals surface area contributed by atoms with E-state index in [1.165, 1.54) is 12.1 Å². The second-order valence-corrected chi connectivity index (χ2v) is 7.43. The lowest BCUT2D eigenvalue weighted by molar-refractivity contribution is -0.134. The van der Waals surface area contributed by atoms with Gasteiger partial charge in [-0.05, 0) is 59.7 Å². The molecule has 4 atom stereocenters. The summed E-state index contributed by atoms with van der Waals surface area (Å²) in [6, 6.07) is 5.91. The Morgan fingerprint density at radius 1 is 1.37 bits per heavy atom. The number of tetrazole rings is 1. The van der Waals surface area contributed by atoms with Crippen LogP contribution in [0.15, 0.2) is 24.3 Å². The molecule has 27 heavy (non-hydrogen) atoms. The second kappa shape index (κ2) is 7.90. The minimum absolute atomic E-state index is 0. The summed E-state index contributed by atoms with van der Waals surface area (Å²) in [7, 11) is 0. The molecule has 2 aliphatic rings. The van der Waals surface area contributed by atoms with E-state index < -0.39 is 6.04 Å². The van der Waals surface area contributed by atoms with Crippen LogP contribution in [0.25, 0.3) is 0 Å². The van der Waals surface area contributed by atoms with Crippen molar-refractivity contribution < 1.29 is 9.18 Å². The number of aromatic nitrogens is 4. The van der Waals surface area contributed by atoms with Crippen molar-refractivity contribution in [2.45, 2.75) is 38.3 Å². The van der Waals surface area contributed by atoms with Gasteiger partial charge >= 0.3 is 0 Å². The molecule has 0 spiro atoms. The molecule has 2 fully saturated rings. The van der Waals surface area contributed by atoms with Crippen molar-refractivity contribution in [3.63, 3.8) is 0 Å². The number of aryl methyl sites for hydroxylation is 1. The third kappa shape index (κ3) is 3.82. The van der Waals surface area contributed by atoms with Crippen molar-refractivity contribution in [1.29, 1.82) is 0 Å². The zero-order chi connectivity index (χ0) is 18.3. The van der Waals surface area contributed by atoms with Crippen LogP contribution in [0.1, 0.15) is 30.3 Å². The molecule has 1 aromatic heterocycles. The average molecular weight is 395 g/mol. The van der Waals surface area contributed by atoms with Crippen LogP contribution in [-0.2, 0) is 11.2 Å². The Morgan fingerprint density at radius 2 is 2.19 bits per heavy atom. The summed E-state index contributed by atoms with van der Waals surface area (Å²) >= 11 is 0. The van der Waals surface area contributed by atoms with Crippen LogP contribution in [-0.4, -0.2) is 50.1 Å². The van der Waals surface area contributed by atoms with Gasteiger partial charge in [0.15, 0.2) is 0 Å². The Labute approximate surface area is 163 Å². The SMILES string of the molecule is Cc1nnnn1C(Cc1cccc(F)c1)C(=O)N1CC2CCC(N)C2C1.Cl. The topological polar surface area (TPSA) is 89.9 Å². The van der Waals surface area contributed by atoms with Crippen molar-refractivity contribution >= 4 is 18.3 Å². The Kier molecular flexibility index (Phi) is 5.76. The third-order valence-corrected chi connectivity index (χ3v) is 5.78. The van der Waals surface area contributed by atoms with Gasteiger partial charge in [0, 0.05) is 25.6 Å². The number of rotatable bonds is 4. The van der Waals surface area contributed by atoms with Crippen molar-refractivity contribution in [2.24, 2.45) is 17.6 Å². The Bertz CT molecular complexity index is 815. The van der Waals surface area contributed by atoms with Gasteiger partial charge in [-0.25, -0.2) is 9.07 Å². The van der Waals surface area contributed by atoms with Crippen LogP contribution >= 0.6 is 12.4 Å². The van der Waals surface area contributed by atoms with Crippen LogP contribution in [0.2, 0.25) is 0 Å². The fourth-order valence-electron chi connectivity index (χ4n) is 4.39. The zero-order valence-electron chi connectivity index (χ0n) is 15.2. The zero-order valence-corrected chi connectivity index (χ0v) is 16.0. The number of benzene rings is 1. The van der Waals surface area contributed by atoms with Crippen molar-refractivity contribution in [1.82, 2.24) is 25.1 Å². The monoisotopic (exact) mass is 394 g/mol. The first-order valence-corrected chi connectivity index (χ1v) is 9.06. The number of nitrogens with zero attached hydrogens (tertiary/aromatic N) is 5. The minimum Gasteiger partial charge on any atom is -0.340 e. The molecular weight excluding hydrogens is 371 g/mol. The first-order valence-electron chi connectivity index (χ1n) is 9.06. The molecule has 4 rings (SSSR count). The highest BCUT2D eigenvalue weighted by molar-refractivity contribution is 5.85. The van der Waals surface area contributed by atoms with Crippen LogP contribution in [0.5, 0.6) is 0 Å². The molecule has 0 bridgehead atoms. The lowest BCUT2D eigenvalue weighted by Gasteiger charge is -2.25. The van der Waals surface area contributed by atoms with Gasteiger partial charge in [0.1, 0.15) is 17.7 Å². The number of amides is 1. The number of hydrogen-bond donors (Lipinski definition) is 1. The van der Waals surface area contributed by atoms with Gasteiger partial charge < -0.3 is 10.6 Å². The van der Waals surface area contributed by atoms with E-state index in [1.54, 1.807) is 17.7 Å². The van der Waals surface area contributed by atoms with E-state index in [2.05, 4.69) is 15.5 Å². The summed E-state index contributed by atoms with van der Waals surface area (Å²) in [5.74, 6) is 1.09. The maximum Gasteiger partial charge on any atom is 0.247 e. The van der Waals surface area contributed by atoms with Gasteiger partial charge in [-0.1, -0.05) is 12.1 Å². The quantitative estimate of drug-likeness (QED) is 0.849. The molecule has 1 aromatic carbocycles. The largest absolute Gasteiger partial charge is 0.340 e. The van der Waals surface area contributed by atoms with E-state index in [0.29, 0.717) is 30.6 Å². The van der Waals surface area contributed by atoms with E-state index in [-0.39, 0.29) is 30.2 Å². The summed E-state index contributed by atoms with van der Waals surface area (Å²) in [5.41, 5.74) is 6.94. The highest BCUT2D eigenvalue weighted by Crippen LogP contribution is 2.38. The first kappa shape index (κ1) is 19.7. The molecule has 0 radical (unpaired) electrons. The smallest absolute Gasteiger partial charge is 0.247 e. The minimum atomic E-state index is -0.582.